The second-order valence-corrected chi connectivity index (χ2v) is 7.12. The average molecular weight is 402 g/mol. The van der Waals surface area contributed by atoms with E-state index >= 15 is 0 Å². The van der Waals surface area contributed by atoms with Crippen molar-refractivity contribution in [2.45, 2.75) is 32.1 Å². The summed E-state index contributed by atoms with van der Waals surface area (Å²) in [5.41, 5.74) is 6.67. The van der Waals surface area contributed by atoms with Crippen molar-refractivity contribution in [3.05, 3.63) is 52.1 Å². The lowest BCUT2D eigenvalue weighted by Gasteiger charge is -2.21. The Kier molecular flexibility index (Phi) is 5.89. The van der Waals surface area contributed by atoms with E-state index in [9.17, 15) is 4.79 Å². The zero-order chi connectivity index (χ0) is 20.4. The number of aryl methyl sites for hydroxylation is 3. The van der Waals surface area contributed by atoms with Crippen LogP contribution in [0, 0.1) is 13.8 Å². The van der Waals surface area contributed by atoms with Gasteiger partial charge in [-0.2, -0.15) is 0 Å². The maximum absolute atomic E-state index is 12.2. The van der Waals surface area contributed by atoms with Gasteiger partial charge in [-0.1, -0.05) is 23.4 Å². The van der Waals surface area contributed by atoms with Gasteiger partial charge >= 0.3 is 5.97 Å². The number of alkyl halides is 1. The predicted molar refractivity (Wildman–Crippen MR) is 109 cm³/mol. The molecule has 2 aromatic carbocycles. The summed E-state index contributed by atoms with van der Waals surface area (Å²) in [6.45, 7) is 4.02. The largest absolute Gasteiger partial charge is 0.494 e. The van der Waals surface area contributed by atoms with Crippen LogP contribution in [0.25, 0.3) is 11.0 Å². The number of carbonyl (C=O) groups excluding carboxylic acids is 1. The maximum atomic E-state index is 12.2. The van der Waals surface area contributed by atoms with Gasteiger partial charge in [0, 0.05) is 18.8 Å². The Morgan fingerprint density at radius 2 is 2.00 bits per heavy atom. The van der Waals surface area contributed by atoms with Crippen LogP contribution in [0.2, 0.25) is 0 Å². The second kappa shape index (κ2) is 8.19. The fraction of sp³-hybridized carbons (Fsp3) is 0.381. The molecule has 6 nitrogen and oxygen atoms in total. The van der Waals surface area contributed by atoms with Crippen molar-refractivity contribution in [3.63, 3.8) is 0 Å². The Morgan fingerprint density at radius 1 is 1.25 bits per heavy atom. The zero-order valence-electron chi connectivity index (χ0n) is 16.7. The number of hydrogen-bond donors (Lipinski definition) is 0. The molecule has 1 atom stereocenters. The summed E-state index contributed by atoms with van der Waals surface area (Å²) in [6, 6.07) is 8.09. The van der Waals surface area contributed by atoms with Crippen molar-refractivity contribution in [3.8, 4) is 5.75 Å². The number of ether oxygens (including phenoxy) is 2. The molecule has 148 valence electrons. The molecule has 0 saturated heterocycles. The Bertz CT molecular complexity index is 1030. The highest BCUT2D eigenvalue weighted by atomic mass is 35.5. The first kappa shape index (κ1) is 20.1. The molecule has 0 bridgehead atoms. The van der Waals surface area contributed by atoms with E-state index in [1.807, 2.05) is 39.1 Å². The van der Waals surface area contributed by atoms with Crippen molar-refractivity contribution >= 4 is 28.6 Å². The van der Waals surface area contributed by atoms with Gasteiger partial charge in [-0.05, 0) is 47.7 Å². The fourth-order valence-electron chi connectivity index (χ4n) is 3.57. The standard InChI is InChI=1S/C21H24ClN3O3/c1-12-6-7-14(8-15(12)11-22)17(10-19(26)28-5)16-9-18(27-4)21-20(13(16)2)23-24-25(21)3/h6-9,17H,10-11H2,1-5H3. The summed E-state index contributed by atoms with van der Waals surface area (Å²) in [7, 11) is 4.85. The van der Waals surface area contributed by atoms with Gasteiger partial charge in [0.1, 0.15) is 16.8 Å². The molecule has 0 aliphatic rings. The number of methoxy groups -OCH3 is 2. The molecule has 0 saturated carbocycles. The number of nitrogens with zero attached hydrogens (tertiary/aromatic N) is 3. The third kappa shape index (κ3) is 3.56. The lowest BCUT2D eigenvalue weighted by molar-refractivity contribution is -0.140. The van der Waals surface area contributed by atoms with Crippen LogP contribution in [0.15, 0.2) is 24.3 Å². The molecule has 3 aromatic rings. The zero-order valence-corrected chi connectivity index (χ0v) is 17.5. The van der Waals surface area contributed by atoms with Gasteiger partial charge in [-0.3, -0.25) is 4.79 Å². The van der Waals surface area contributed by atoms with E-state index in [0.29, 0.717) is 11.6 Å². The monoisotopic (exact) mass is 401 g/mol. The van der Waals surface area contributed by atoms with Gasteiger partial charge < -0.3 is 9.47 Å². The number of rotatable bonds is 6. The van der Waals surface area contributed by atoms with Crippen LogP contribution < -0.4 is 4.74 Å². The highest BCUT2D eigenvalue weighted by Gasteiger charge is 2.25. The molecule has 1 heterocycles. The van der Waals surface area contributed by atoms with Crippen LogP contribution >= 0.6 is 11.6 Å². The summed E-state index contributed by atoms with van der Waals surface area (Å²) < 4.78 is 12.3. The van der Waals surface area contributed by atoms with E-state index < -0.39 is 0 Å². The third-order valence-electron chi connectivity index (χ3n) is 5.25. The van der Waals surface area contributed by atoms with Crippen LogP contribution in [0.3, 0.4) is 0 Å². The van der Waals surface area contributed by atoms with Gasteiger partial charge in [0.2, 0.25) is 0 Å². The quantitative estimate of drug-likeness (QED) is 0.461. The minimum absolute atomic E-state index is 0.205. The summed E-state index contributed by atoms with van der Waals surface area (Å²) in [4.78, 5) is 12.2. The van der Waals surface area contributed by atoms with Crippen LogP contribution in [0.5, 0.6) is 5.75 Å². The van der Waals surface area contributed by atoms with E-state index in [1.165, 1.54) is 7.11 Å². The summed E-state index contributed by atoms with van der Waals surface area (Å²) in [5, 5.41) is 8.44. The van der Waals surface area contributed by atoms with Crippen molar-refractivity contribution in [1.29, 1.82) is 0 Å². The molecule has 28 heavy (non-hydrogen) atoms. The molecular formula is C21H24ClN3O3. The van der Waals surface area contributed by atoms with E-state index in [1.54, 1.807) is 11.8 Å². The van der Waals surface area contributed by atoms with Gasteiger partial charge in [-0.25, -0.2) is 4.68 Å². The van der Waals surface area contributed by atoms with Crippen LogP contribution in [-0.4, -0.2) is 35.2 Å². The molecule has 0 aliphatic carbocycles. The number of carbonyl (C=O) groups is 1. The molecule has 1 aromatic heterocycles. The van der Waals surface area contributed by atoms with Crippen LogP contribution in [0.4, 0.5) is 0 Å². The Balaban J connectivity index is 2.24. The summed E-state index contributed by atoms with van der Waals surface area (Å²) in [6.07, 6.45) is 0.205. The Labute approximate surface area is 169 Å². The highest BCUT2D eigenvalue weighted by Crippen LogP contribution is 2.38. The molecule has 3 rings (SSSR count). The van der Waals surface area contributed by atoms with Crippen molar-refractivity contribution in [1.82, 2.24) is 15.0 Å². The highest BCUT2D eigenvalue weighted by molar-refractivity contribution is 6.17. The SMILES string of the molecule is COC(=O)CC(c1ccc(C)c(CCl)c1)c1cc(OC)c2c(nnn2C)c1C. The number of hydrogen-bond acceptors (Lipinski definition) is 5. The topological polar surface area (TPSA) is 66.2 Å². The minimum atomic E-state index is -0.282. The molecule has 0 aliphatic heterocycles. The lowest BCUT2D eigenvalue weighted by Crippen LogP contribution is -2.12. The third-order valence-corrected chi connectivity index (χ3v) is 5.54. The number of esters is 1. The summed E-state index contributed by atoms with van der Waals surface area (Å²) >= 11 is 6.12. The molecule has 0 N–H and O–H groups in total. The molecule has 0 radical (unpaired) electrons. The summed E-state index contributed by atoms with van der Waals surface area (Å²) in [5.74, 6) is 0.587. The fourth-order valence-corrected chi connectivity index (χ4v) is 3.86. The van der Waals surface area contributed by atoms with E-state index in [-0.39, 0.29) is 18.3 Å². The van der Waals surface area contributed by atoms with E-state index in [0.717, 1.165) is 38.9 Å². The minimum Gasteiger partial charge on any atom is -0.494 e. The molecule has 0 fully saturated rings. The van der Waals surface area contributed by atoms with E-state index in [4.69, 9.17) is 21.1 Å². The van der Waals surface area contributed by atoms with Gasteiger partial charge in [0.15, 0.2) is 0 Å². The molecule has 1 unspecified atom stereocenters. The van der Waals surface area contributed by atoms with Crippen LogP contribution in [0.1, 0.15) is 40.2 Å². The van der Waals surface area contributed by atoms with E-state index in [2.05, 4.69) is 16.4 Å². The number of benzene rings is 2. The molecule has 7 heteroatoms. The van der Waals surface area contributed by atoms with Gasteiger partial charge in [0.25, 0.3) is 0 Å². The normalized spacial score (nSPS) is 12.2. The smallest absolute Gasteiger partial charge is 0.306 e. The Morgan fingerprint density at radius 3 is 2.64 bits per heavy atom. The lowest BCUT2D eigenvalue weighted by atomic mass is 9.84. The Hall–Kier alpha value is -2.60. The van der Waals surface area contributed by atoms with Gasteiger partial charge in [-0.15, -0.1) is 16.7 Å². The first-order valence-electron chi connectivity index (χ1n) is 9.00. The molecule has 0 spiro atoms. The maximum Gasteiger partial charge on any atom is 0.306 e. The second-order valence-electron chi connectivity index (χ2n) is 6.86. The first-order valence-corrected chi connectivity index (χ1v) is 9.53. The van der Waals surface area contributed by atoms with Crippen molar-refractivity contribution < 1.29 is 14.3 Å². The number of fused-ring (bicyclic) bond motifs is 1. The predicted octanol–water partition coefficient (Wildman–Crippen LogP) is 4.03. The van der Waals surface area contributed by atoms with Gasteiger partial charge in [0.05, 0.1) is 20.6 Å². The average Bonchev–Trinajstić information content (AvgIpc) is 3.09. The number of halogens is 1. The first-order chi connectivity index (χ1) is 13.4. The number of aromatic nitrogens is 3. The molecular weight excluding hydrogens is 378 g/mol. The van der Waals surface area contributed by atoms with Crippen molar-refractivity contribution in [2.24, 2.45) is 7.05 Å². The molecule has 0 amide bonds. The van der Waals surface area contributed by atoms with Crippen molar-refractivity contribution in [2.75, 3.05) is 14.2 Å². The van der Waals surface area contributed by atoms with Crippen LogP contribution in [-0.2, 0) is 22.5 Å².